The Kier molecular flexibility index (Phi) is 4.83. The van der Waals surface area contributed by atoms with Crippen LogP contribution in [0.1, 0.15) is 5.56 Å². The van der Waals surface area contributed by atoms with Crippen molar-refractivity contribution in [2.24, 2.45) is 0 Å². The highest BCUT2D eigenvalue weighted by Crippen LogP contribution is 2.30. The summed E-state index contributed by atoms with van der Waals surface area (Å²) in [4.78, 5) is 27.8. The first-order chi connectivity index (χ1) is 16.5. The summed E-state index contributed by atoms with van der Waals surface area (Å²) in [6.45, 7) is 0.248. The monoisotopic (exact) mass is 489 g/mol. The highest BCUT2D eigenvalue weighted by molar-refractivity contribution is 6.31. The fraction of sp³-hybridized carbons (Fsp3) is 0.0400. The third-order valence-corrected chi connectivity index (χ3v) is 6.35. The molecule has 0 unspecified atom stereocenters. The zero-order valence-corrected chi connectivity index (χ0v) is 18.9. The van der Waals surface area contributed by atoms with Crippen molar-refractivity contribution in [2.75, 3.05) is 0 Å². The van der Waals surface area contributed by atoms with Crippen LogP contribution in [0.5, 0.6) is 0 Å². The highest BCUT2D eigenvalue weighted by Gasteiger charge is 2.21. The molecule has 3 aromatic carbocycles. The first-order valence-corrected chi connectivity index (χ1v) is 11.1. The minimum atomic E-state index is -0.544. The molecule has 0 saturated heterocycles. The van der Waals surface area contributed by atoms with Gasteiger partial charge in [0.05, 0.1) is 28.3 Å². The Bertz CT molecular complexity index is 1810. The van der Waals surface area contributed by atoms with Gasteiger partial charge in [-0.25, -0.2) is 19.3 Å². The zero-order chi connectivity index (χ0) is 23.4. The Hall–Kier alpha value is -3.81. The summed E-state index contributed by atoms with van der Waals surface area (Å²) in [5.74, 6) is -0.544. The van der Waals surface area contributed by atoms with E-state index in [9.17, 15) is 9.18 Å². The van der Waals surface area contributed by atoms with Crippen LogP contribution in [0.3, 0.4) is 0 Å². The van der Waals surface area contributed by atoms with Crippen molar-refractivity contribution in [1.82, 2.24) is 24.1 Å². The Labute approximate surface area is 201 Å². The first kappa shape index (κ1) is 20.8. The second-order valence-electron chi connectivity index (χ2n) is 7.79. The average molecular weight is 490 g/mol. The predicted octanol–water partition coefficient (Wildman–Crippen LogP) is 5.78. The summed E-state index contributed by atoms with van der Waals surface area (Å²) in [6.07, 6.45) is 1.47. The normalized spacial score (nSPS) is 11.6. The van der Waals surface area contributed by atoms with Gasteiger partial charge in [-0.1, -0.05) is 53.5 Å². The van der Waals surface area contributed by atoms with Gasteiger partial charge in [0.15, 0.2) is 11.3 Å². The molecule has 6 nitrogen and oxygen atoms in total. The van der Waals surface area contributed by atoms with Gasteiger partial charge in [0.2, 0.25) is 0 Å². The lowest BCUT2D eigenvalue weighted by molar-refractivity contribution is 0.628. The first-order valence-electron chi connectivity index (χ1n) is 10.4. The minimum Gasteiger partial charge on any atom is -0.294 e. The molecule has 0 saturated carbocycles. The van der Waals surface area contributed by atoms with Crippen molar-refractivity contribution in [3.8, 4) is 5.69 Å². The van der Waals surface area contributed by atoms with Crippen LogP contribution in [-0.4, -0.2) is 24.1 Å². The molecule has 0 spiro atoms. The Morgan fingerprint density at radius 3 is 2.35 bits per heavy atom. The van der Waals surface area contributed by atoms with Gasteiger partial charge in [-0.2, -0.15) is 0 Å². The maximum absolute atomic E-state index is 13.9. The van der Waals surface area contributed by atoms with Gasteiger partial charge in [-0.05, 0) is 42.0 Å². The number of para-hydroxylation sites is 2. The number of hydrogen-bond acceptors (Lipinski definition) is 4. The van der Waals surface area contributed by atoms with E-state index >= 15 is 0 Å². The van der Waals surface area contributed by atoms with E-state index in [1.54, 1.807) is 16.7 Å². The molecule has 0 atom stereocenters. The largest absolute Gasteiger partial charge is 0.294 e. The second-order valence-corrected chi connectivity index (χ2v) is 8.60. The van der Waals surface area contributed by atoms with E-state index in [1.807, 2.05) is 42.5 Å². The van der Waals surface area contributed by atoms with E-state index in [0.29, 0.717) is 43.9 Å². The van der Waals surface area contributed by atoms with Gasteiger partial charge < -0.3 is 0 Å². The maximum atomic E-state index is 13.9. The topological polar surface area (TPSA) is 65.6 Å². The smallest absolute Gasteiger partial charge is 0.265 e. The molecular formula is C25H14Cl2FN5O. The van der Waals surface area contributed by atoms with Crippen LogP contribution in [0, 0.1) is 5.82 Å². The molecule has 3 aromatic heterocycles. The maximum Gasteiger partial charge on any atom is 0.265 e. The van der Waals surface area contributed by atoms with Crippen LogP contribution in [0.15, 0.2) is 77.9 Å². The predicted molar refractivity (Wildman–Crippen MR) is 131 cm³/mol. The van der Waals surface area contributed by atoms with E-state index in [4.69, 9.17) is 33.2 Å². The molecule has 0 aliphatic rings. The zero-order valence-electron chi connectivity index (χ0n) is 17.4. The van der Waals surface area contributed by atoms with Crippen molar-refractivity contribution in [3.05, 3.63) is 105 Å². The highest BCUT2D eigenvalue weighted by atomic mass is 35.5. The fourth-order valence-corrected chi connectivity index (χ4v) is 4.43. The molecule has 0 aliphatic heterocycles. The number of benzene rings is 3. The molecule has 0 radical (unpaired) electrons. The van der Waals surface area contributed by atoms with E-state index < -0.39 is 5.82 Å². The molecule has 0 amide bonds. The molecule has 6 aromatic rings. The minimum absolute atomic E-state index is 0.0479. The summed E-state index contributed by atoms with van der Waals surface area (Å²) in [6, 6.07) is 19.0. The van der Waals surface area contributed by atoms with Gasteiger partial charge in [0, 0.05) is 5.02 Å². The second kappa shape index (κ2) is 7.90. The fourth-order valence-electron chi connectivity index (χ4n) is 4.06. The van der Waals surface area contributed by atoms with Crippen molar-refractivity contribution in [3.63, 3.8) is 0 Å². The van der Waals surface area contributed by atoms with Crippen LogP contribution in [0.2, 0.25) is 10.0 Å². The summed E-state index contributed by atoms with van der Waals surface area (Å²) < 4.78 is 17.0. The number of aromatic nitrogens is 5. The SMILES string of the molecule is O=c1c2c3nc4ccccc4nc3n(-c3ccc(F)c(Cl)c3)c2ncn1Cc1ccccc1Cl. The van der Waals surface area contributed by atoms with Gasteiger partial charge in [0.25, 0.3) is 5.56 Å². The van der Waals surface area contributed by atoms with Gasteiger partial charge in [-0.3, -0.25) is 13.9 Å². The molecule has 3 heterocycles. The van der Waals surface area contributed by atoms with E-state index in [1.165, 1.54) is 23.0 Å². The molecule has 0 fully saturated rings. The molecule has 9 heteroatoms. The third-order valence-electron chi connectivity index (χ3n) is 5.69. The number of nitrogens with zero attached hydrogens (tertiary/aromatic N) is 5. The number of hydrogen-bond donors (Lipinski definition) is 0. The van der Waals surface area contributed by atoms with Gasteiger partial charge in [0.1, 0.15) is 23.0 Å². The van der Waals surface area contributed by atoms with Crippen molar-refractivity contribution >= 4 is 56.4 Å². The summed E-state index contributed by atoms with van der Waals surface area (Å²) in [5, 5.41) is 0.820. The third kappa shape index (κ3) is 3.24. The number of rotatable bonds is 3. The van der Waals surface area contributed by atoms with Crippen molar-refractivity contribution < 1.29 is 4.39 Å². The van der Waals surface area contributed by atoms with Crippen LogP contribution < -0.4 is 5.56 Å². The molecule has 0 N–H and O–H groups in total. The molecule has 0 aliphatic carbocycles. The van der Waals surface area contributed by atoms with Gasteiger partial charge >= 0.3 is 0 Å². The van der Waals surface area contributed by atoms with Crippen molar-refractivity contribution in [1.29, 1.82) is 0 Å². The lowest BCUT2D eigenvalue weighted by Gasteiger charge is -2.09. The van der Waals surface area contributed by atoms with E-state index in [0.717, 1.165) is 5.56 Å². The molecule has 166 valence electrons. The van der Waals surface area contributed by atoms with Crippen LogP contribution in [0.4, 0.5) is 4.39 Å². The Morgan fingerprint density at radius 2 is 1.59 bits per heavy atom. The molecule has 0 bridgehead atoms. The van der Waals surface area contributed by atoms with Crippen LogP contribution >= 0.6 is 23.2 Å². The summed E-state index contributed by atoms with van der Waals surface area (Å²) in [5.41, 5.74) is 3.51. The Balaban J connectivity index is 1.70. The van der Waals surface area contributed by atoms with Crippen LogP contribution in [0.25, 0.3) is 38.9 Å². The molecule has 34 heavy (non-hydrogen) atoms. The quantitative estimate of drug-likeness (QED) is 0.316. The lowest BCUT2D eigenvalue weighted by atomic mass is 10.2. The van der Waals surface area contributed by atoms with Crippen LogP contribution in [-0.2, 0) is 6.54 Å². The van der Waals surface area contributed by atoms with E-state index in [2.05, 4.69) is 4.98 Å². The standard InChI is InChI=1S/C25H14Cl2FN5O/c26-16-6-2-1-5-14(16)12-32-13-29-23-21(25(32)34)22-24(31-20-8-4-3-7-19(20)30-22)33(23)15-9-10-18(28)17(27)11-15/h1-11,13H,12H2. The summed E-state index contributed by atoms with van der Waals surface area (Å²) >= 11 is 12.4. The number of halogens is 3. The molecular weight excluding hydrogens is 476 g/mol. The average Bonchev–Trinajstić information content (AvgIpc) is 3.16. The van der Waals surface area contributed by atoms with Crippen molar-refractivity contribution in [2.45, 2.75) is 6.54 Å². The lowest BCUT2D eigenvalue weighted by Crippen LogP contribution is -2.21. The van der Waals surface area contributed by atoms with Gasteiger partial charge in [-0.15, -0.1) is 0 Å². The summed E-state index contributed by atoms with van der Waals surface area (Å²) in [7, 11) is 0. The molecule has 6 rings (SSSR count). The van der Waals surface area contributed by atoms with E-state index in [-0.39, 0.29) is 17.1 Å². The number of fused-ring (bicyclic) bond motifs is 4. The Morgan fingerprint density at radius 1 is 0.853 bits per heavy atom.